The lowest BCUT2D eigenvalue weighted by atomic mass is 10.0. The van der Waals surface area contributed by atoms with E-state index in [0.29, 0.717) is 55.2 Å². The van der Waals surface area contributed by atoms with Crippen molar-refractivity contribution in [2.45, 2.75) is 60.6 Å². The third-order valence-corrected chi connectivity index (χ3v) is 11.0. The summed E-state index contributed by atoms with van der Waals surface area (Å²) in [7, 11) is 1.46. The zero-order valence-corrected chi connectivity index (χ0v) is 35.2. The third-order valence-electron chi connectivity index (χ3n) is 11.0. The molecule has 1 fully saturated rings. The number of urea groups is 1. The molecule has 310 valence electrons. The number of nitrogens with zero attached hydrogens (tertiary/aromatic N) is 4. The Bertz CT molecular complexity index is 2600. The molecule has 13 heteroatoms. The van der Waals surface area contributed by atoms with Crippen molar-refractivity contribution in [1.29, 1.82) is 0 Å². The molecule has 1 atom stereocenters. The van der Waals surface area contributed by atoms with Crippen molar-refractivity contribution in [3.63, 3.8) is 0 Å². The predicted molar refractivity (Wildman–Crippen MR) is 239 cm³/mol. The first-order valence-corrected chi connectivity index (χ1v) is 20.2. The van der Waals surface area contributed by atoms with Gasteiger partial charge in [-0.3, -0.25) is 9.59 Å². The Hall–Kier alpha value is -6.73. The molecule has 1 saturated heterocycles. The van der Waals surface area contributed by atoms with Gasteiger partial charge in [0.1, 0.15) is 11.7 Å². The van der Waals surface area contributed by atoms with Gasteiger partial charge in [0, 0.05) is 54.0 Å². The Kier molecular flexibility index (Phi) is 12.2. The minimum Gasteiger partial charge on any atom is -0.480 e. The number of aryl methyl sites for hydroxylation is 5. The third kappa shape index (κ3) is 8.81. The van der Waals surface area contributed by atoms with E-state index in [-0.39, 0.29) is 29.8 Å². The molecule has 60 heavy (non-hydrogen) atoms. The summed E-state index contributed by atoms with van der Waals surface area (Å²) in [6.45, 7) is 13.9. The Morgan fingerprint density at radius 1 is 0.833 bits per heavy atom. The minimum absolute atomic E-state index is 0.183. The van der Waals surface area contributed by atoms with E-state index in [9.17, 15) is 19.5 Å². The Morgan fingerprint density at radius 3 is 2.25 bits per heavy atom. The minimum atomic E-state index is -0.968. The number of aliphatic hydroxyl groups excluding tert-OH is 1. The molecule has 6 aromatic rings. The molecule has 0 saturated carbocycles. The molecule has 0 bridgehead atoms. The van der Waals surface area contributed by atoms with Gasteiger partial charge in [-0.15, -0.1) is 0 Å². The van der Waals surface area contributed by atoms with Crippen LogP contribution in [0.25, 0.3) is 21.8 Å². The summed E-state index contributed by atoms with van der Waals surface area (Å²) in [4.78, 5) is 54.5. The number of rotatable bonds is 11. The van der Waals surface area contributed by atoms with Crippen molar-refractivity contribution in [1.82, 2.24) is 20.2 Å². The zero-order valence-electron chi connectivity index (χ0n) is 35.2. The monoisotopic (exact) mass is 808 g/mol. The van der Waals surface area contributed by atoms with Crippen molar-refractivity contribution in [2.24, 2.45) is 0 Å². The molecule has 3 heterocycles. The van der Waals surface area contributed by atoms with Crippen LogP contribution in [-0.4, -0.2) is 77.2 Å². The van der Waals surface area contributed by atoms with Crippen LogP contribution in [0.15, 0.2) is 78.9 Å². The fourth-order valence-electron chi connectivity index (χ4n) is 7.73. The van der Waals surface area contributed by atoms with Crippen LogP contribution in [0.2, 0.25) is 0 Å². The highest BCUT2D eigenvalue weighted by molar-refractivity contribution is 6.10. The number of amides is 4. The van der Waals surface area contributed by atoms with E-state index in [1.807, 2.05) is 37.3 Å². The van der Waals surface area contributed by atoms with Gasteiger partial charge in [-0.2, -0.15) is 0 Å². The summed E-state index contributed by atoms with van der Waals surface area (Å²) in [6, 6.07) is 24.0. The molecule has 4 amide bonds. The van der Waals surface area contributed by atoms with Crippen molar-refractivity contribution >= 4 is 68.1 Å². The van der Waals surface area contributed by atoms with Gasteiger partial charge in [-0.1, -0.05) is 43.3 Å². The lowest BCUT2D eigenvalue weighted by Gasteiger charge is -2.36. The molecule has 0 radical (unpaired) electrons. The average Bonchev–Trinajstić information content (AvgIpc) is 3.24. The van der Waals surface area contributed by atoms with E-state index in [1.54, 1.807) is 30.0 Å². The molecule has 4 aromatic carbocycles. The number of nitrogens with one attached hydrogen (secondary N) is 4. The smallest absolute Gasteiger partial charge is 0.322 e. The van der Waals surface area contributed by atoms with Gasteiger partial charge in [-0.05, 0) is 111 Å². The number of aromatic nitrogens is 2. The highest BCUT2D eigenvalue weighted by Crippen LogP contribution is 2.36. The first-order chi connectivity index (χ1) is 28.8. The number of ether oxygens (including phenoxy) is 1. The van der Waals surface area contributed by atoms with Crippen LogP contribution in [0.3, 0.4) is 0 Å². The number of carbonyl (C=O) groups is 3. The summed E-state index contributed by atoms with van der Waals surface area (Å²) in [6.07, 6.45) is 0.402. The average molecular weight is 809 g/mol. The number of pyridine rings is 2. The Morgan fingerprint density at radius 2 is 1.55 bits per heavy atom. The summed E-state index contributed by atoms with van der Waals surface area (Å²) < 4.78 is 5.54. The van der Waals surface area contributed by atoms with Gasteiger partial charge in [0.25, 0.3) is 5.91 Å². The summed E-state index contributed by atoms with van der Waals surface area (Å²) in [5, 5.41) is 24.3. The van der Waals surface area contributed by atoms with Crippen LogP contribution in [0.1, 0.15) is 57.7 Å². The molecule has 1 unspecified atom stereocenters. The molecule has 0 aliphatic carbocycles. The fraction of sp³-hybridized carbons (Fsp3) is 0.298. The number of anilines is 5. The highest BCUT2D eigenvalue weighted by atomic mass is 16.5. The van der Waals surface area contributed by atoms with Gasteiger partial charge < -0.3 is 40.9 Å². The molecule has 13 nitrogen and oxygen atoms in total. The van der Waals surface area contributed by atoms with Crippen LogP contribution in [0.4, 0.5) is 33.2 Å². The fourth-order valence-corrected chi connectivity index (χ4v) is 7.73. The first kappa shape index (κ1) is 41.4. The number of fused-ring (bicyclic) bond motifs is 2. The number of benzene rings is 4. The zero-order chi connectivity index (χ0) is 42.7. The number of para-hydroxylation sites is 1. The van der Waals surface area contributed by atoms with Crippen molar-refractivity contribution < 1.29 is 24.2 Å². The number of hydrogen-bond donors (Lipinski definition) is 5. The van der Waals surface area contributed by atoms with Gasteiger partial charge in [0.15, 0.2) is 0 Å². The number of methoxy groups -OCH3 is 1. The van der Waals surface area contributed by atoms with Gasteiger partial charge in [-0.25, -0.2) is 14.8 Å². The molecule has 7 rings (SSSR count). The first-order valence-electron chi connectivity index (χ1n) is 20.2. The van der Waals surface area contributed by atoms with E-state index in [1.165, 1.54) is 18.2 Å². The maximum Gasteiger partial charge on any atom is 0.322 e. The lowest BCUT2D eigenvalue weighted by molar-refractivity contribution is -0.117. The second-order valence-electron chi connectivity index (χ2n) is 15.4. The molecule has 0 spiro atoms. The number of aliphatic hydroxyl groups is 1. The van der Waals surface area contributed by atoms with Gasteiger partial charge in [0.2, 0.25) is 11.8 Å². The van der Waals surface area contributed by atoms with Crippen molar-refractivity contribution in [3.05, 3.63) is 118 Å². The molecule has 2 aromatic heterocycles. The summed E-state index contributed by atoms with van der Waals surface area (Å²) in [5.41, 5.74) is 10.9. The standard InChI is InChI=1S/C47H52N8O5/c1-8-39-38(25-41(46(52-39)60-7)53-47(59)55-17-15-54(16-18-55)35-20-27(2)19-28(3)21-35)45(58)48-31(6)44(57)50-34-23-32(26-56)22-33(24-34)49-43-36-11-9-10-12-40(36)51-42-30(5)29(4)13-14-37(42)43/h9-14,19-25,31,56H,8,15-18,26H2,1-7H3,(H,48,58)(H,49,51)(H,50,57)(H,53,59). The summed E-state index contributed by atoms with van der Waals surface area (Å²) >= 11 is 0. The van der Waals surface area contributed by atoms with Crippen LogP contribution in [-0.2, 0) is 17.8 Å². The molecule has 1 aliphatic heterocycles. The highest BCUT2D eigenvalue weighted by Gasteiger charge is 2.26. The molecule has 5 N–H and O–H groups in total. The lowest BCUT2D eigenvalue weighted by Crippen LogP contribution is -2.50. The van der Waals surface area contributed by atoms with Crippen LogP contribution >= 0.6 is 0 Å². The van der Waals surface area contributed by atoms with Crippen LogP contribution < -0.4 is 30.9 Å². The van der Waals surface area contributed by atoms with Crippen molar-refractivity contribution in [3.8, 4) is 5.88 Å². The second-order valence-corrected chi connectivity index (χ2v) is 15.4. The predicted octanol–water partition coefficient (Wildman–Crippen LogP) is 7.93. The van der Waals surface area contributed by atoms with Gasteiger partial charge >= 0.3 is 6.03 Å². The van der Waals surface area contributed by atoms with Gasteiger partial charge in [0.05, 0.1) is 41.7 Å². The SMILES string of the molecule is CCc1nc(OC)c(NC(=O)N2CCN(c3cc(C)cc(C)c3)CC2)cc1C(=O)NC(C)C(=O)Nc1cc(CO)cc(Nc2c3ccccc3nc3c(C)c(C)ccc23)c1. The normalized spacial score (nSPS) is 13.3. The van der Waals surface area contributed by atoms with E-state index < -0.39 is 17.9 Å². The van der Waals surface area contributed by atoms with E-state index in [0.717, 1.165) is 44.3 Å². The Labute approximate surface area is 350 Å². The number of hydrogen-bond acceptors (Lipinski definition) is 9. The largest absolute Gasteiger partial charge is 0.480 e. The topological polar surface area (TPSA) is 161 Å². The van der Waals surface area contributed by atoms with E-state index in [2.05, 4.69) is 89.2 Å². The van der Waals surface area contributed by atoms with E-state index in [4.69, 9.17) is 9.72 Å². The van der Waals surface area contributed by atoms with E-state index >= 15 is 0 Å². The maximum atomic E-state index is 13.8. The van der Waals surface area contributed by atoms with Crippen molar-refractivity contribution in [2.75, 3.05) is 54.1 Å². The molecular weight excluding hydrogens is 757 g/mol. The van der Waals surface area contributed by atoms with Crippen LogP contribution in [0.5, 0.6) is 5.88 Å². The Balaban J connectivity index is 1.05. The second kappa shape index (κ2) is 17.6. The summed E-state index contributed by atoms with van der Waals surface area (Å²) in [5.74, 6) is -0.818. The van der Waals surface area contributed by atoms with Crippen LogP contribution in [0, 0.1) is 27.7 Å². The molecule has 1 aliphatic rings. The molecular formula is C47H52N8O5. The quantitative estimate of drug-likeness (QED) is 0.0819. The number of carbonyl (C=O) groups excluding carboxylic acids is 3. The maximum absolute atomic E-state index is 13.8. The number of piperazine rings is 1.